The number of aromatic nitrogens is 1. The Bertz CT molecular complexity index is 556. The van der Waals surface area contributed by atoms with Crippen molar-refractivity contribution >= 4 is 25.6 Å². The van der Waals surface area contributed by atoms with Crippen LogP contribution in [-0.4, -0.2) is 25.9 Å². The summed E-state index contributed by atoms with van der Waals surface area (Å²) in [6.45, 7) is 9.01. The number of amides is 1. The van der Waals surface area contributed by atoms with Gasteiger partial charge in [0.25, 0.3) is 15.0 Å². The largest absolute Gasteiger partial charge is 0.356 e. The fourth-order valence-corrected chi connectivity index (χ4v) is 2.92. The van der Waals surface area contributed by atoms with E-state index in [1.807, 2.05) is 0 Å². The van der Waals surface area contributed by atoms with Gasteiger partial charge in [0.15, 0.2) is 0 Å². The summed E-state index contributed by atoms with van der Waals surface area (Å²) in [5.74, 6) is 0.948. The van der Waals surface area contributed by atoms with Gasteiger partial charge in [0.2, 0.25) is 0 Å². The van der Waals surface area contributed by atoms with Gasteiger partial charge in [-0.2, -0.15) is 0 Å². The first kappa shape index (κ1) is 17.0. The summed E-state index contributed by atoms with van der Waals surface area (Å²) in [6, 6.07) is 1.23. The Hall–Kier alpha value is -1.01. The number of aromatic amines is 1. The Morgan fingerprint density at radius 2 is 1.85 bits per heavy atom. The number of hydrogen-bond acceptors (Lipinski definition) is 3. The molecule has 7 heteroatoms. The monoisotopic (exact) mass is 320 g/mol. The highest BCUT2D eigenvalue weighted by atomic mass is 35.7. The molecule has 114 valence electrons. The first-order valence-electron chi connectivity index (χ1n) is 6.54. The van der Waals surface area contributed by atoms with Gasteiger partial charge < -0.3 is 10.3 Å². The predicted molar refractivity (Wildman–Crippen MR) is 79.3 cm³/mol. The van der Waals surface area contributed by atoms with Crippen molar-refractivity contribution in [2.24, 2.45) is 17.8 Å². The van der Waals surface area contributed by atoms with Gasteiger partial charge in [-0.3, -0.25) is 4.79 Å². The lowest BCUT2D eigenvalue weighted by atomic mass is 9.85. The van der Waals surface area contributed by atoms with Crippen LogP contribution in [0.15, 0.2) is 17.2 Å². The van der Waals surface area contributed by atoms with Crippen molar-refractivity contribution < 1.29 is 13.2 Å². The maximum atomic E-state index is 12.0. The molecule has 20 heavy (non-hydrogen) atoms. The maximum absolute atomic E-state index is 12.0. The number of rotatable bonds is 6. The molecule has 0 aliphatic heterocycles. The van der Waals surface area contributed by atoms with Crippen molar-refractivity contribution in [1.29, 1.82) is 0 Å². The minimum atomic E-state index is -3.81. The lowest BCUT2D eigenvalue weighted by molar-refractivity contribution is 0.0932. The number of carbonyl (C=O) groups excluding carboxylic acids is 1. The third kappa shape index (κ3) is 4.52. The molecule has 1 aromatic rings. The molecular weight excluding hydrogens is 300 g/mol. The van der Waals surface area contributed by atoms with Crippen LogP contribution in [0.1, 0.15) is 38.2 Å². The van der Waals surface area contributed by atoms with Crippen LogP contribution in [0.2, 0.25) is 0 Å². The minimum Gasteiger partial charge on any atom is -0.356 e. The van der Waals surface area contributed by atoms with E-state index >= 15 is 0 Å². The standard InChI is InChI=1S/C13H21ClN2O3S/c1-8(2)11(9(3)4)7-16-13(17)12-5-10(6-15-12)20(14,18)19/h5-6,8-9,11,15H,7H2,1-4H3,(H,16,17). The molecule has 0 saturated carbocycles. The molecule has 0 saturated heterocycles. The molecule has 2 N–H and O–H groups in total. The number of H-pyrrole nitrogens is 1. The predicted octanol–water partition coefficient (Wildman–Crippen LogP) is 2.60. The second kappa shape index (κ2) is 6.63. The summed E-state index contributed by atoms with van der Waals surface area (Å²) in [7, 11) is 1.40. The van der Waals surface area contributed by atoms with Crippen LogP contribution in [0.25, 0.3) is 0 Å². The summed E-state index contributed by atoms with van der Waals surface area (Å²) in [4.78, 5) is 14.5. The van der Waals surface area contributed by atoms with Gasteiger partial charge in [0.05, 0.1) is 0 Å². The first-order valence-corrected chi connectivity index (χ1v) is 8.85. The smallest absolute Gasteiger partial charge is 0.267 e. The van der Waals surface area contributed by atoms with Gasteiger partial charge in [0.1, 0.15) is 10.6 Å². The fourth-order valence-electron chi connectivity index (χ4n) is 2.19. The Morgan fingerprint density at radius 3 is 2.25 bits per heavy atom. The molecule has 0 aromatic carbocycles. The molecule has 0 bridgehead atoms. The summed E-state index contributed by atoms with van der Waals surface area (Å²) >= 11 is 0. The van der Waals surface area contributed by atoms with E-state index in [9.17, 15) is 13.2 Å². The van der Waals surface area contributed by atoms with Crippen LogP contribution in [0.5, 0.6) is 0 Å². The highest BCUT2D eigenvalue weighted by molar-refractivity contribution is 8.13. The lowest BCUT2D eigenvalue weighted by Crippen LogP contribution is -2.34. The number of carbonyl (C=O) groups is 1. The quantitative estimate of drug-likeness (QED) is 0.791. The second-order valence-corrected chi connectivity index (χ2v) is 8.11. The third-order valence-corrected chi connectivity index (χ3v) is 4.73. The van der Waals surface area contributed by atoms with Gasteiger partial charge in [-0.25, -0.2) is 8.42 Å². The van der Waals surface area contributed by atoms with Crippen molar-refractivity contribution in [3.05, 3.63) is 18.0 Å². The lowest BCUT2D eigenvalue weighted by Gasteiger charge is -2.24. The molecular formula is C13H21ClN2O3S. The van der Waals surface area contributed by atoms with Crippen LogP contribution >= 0.6 is 10.7 Å². The third-order valence-electron chi connectivity index (χ3n) is 3.39. The van der Waals surface area contributed by atoms with E-state index in [1.165, 1.54) is 12.3 Å². The maximum Gasteiger partial charge on any atom is 0.267 e. The van der Waals surface area contributed by atoms with E-state index in [1.54, 1.807) is 0 Å². The molecule has 0 aliphatic carbocycles. The van der Waals surface area contributed by atoms with E-state index in [0.29, 0.717) is 24.3 Å². The highest BCUT2D eigenvalue weighted by Crippen LogP contribution is 2.20. The van der Waals surface area contributed by atoms with Crippen LogP contribution in [0, 0.1) is 17.8 Å². The Labute approximate surface area is 124 Å². The number of nitrogens with one attached hydrogen (secondary N) is 2. The van der Waals surface area contributed by atoms with Gasteiger partial charge in [-0.1, -0.05) is 27.7 Å². The highest BCUT2D eigenvalue weighted by Gasteiger charge is 2.20. The van der Waals surface area contributed by atoms with Gasteiger partial charge in [-0.05, 0) is 23.8 Å². The van der Waals surface area contributed by atoms with Crippen LogP contribution in [0.3, 0.4) is 0 Å². The Kier molecular flexibility index (Phi) is 5.65. The topological polar surface area (TPSA) is 79.0 Å². The van der Waals surface area contributed by atoms with Gasteiger partial charge in [0, 0.05) is 23.4 Å². The molecule has 1 heterocycles. The zero-order chi connectivity index (χ0) is 15.5. The minimum absolute atomic E-state index is 0.103. The number of halogens is 1. The average Bonchev–Trinajstić information content (AvgIpc) is 2.76. The van der Waals surface area contributed by atoms with Gasteiger partial charge >= 0.3 is 0 Å². The molecule has 0 atom stereocenters. The number of hydrogen-bond donors (Lipinski definition) is 2. The Morgan fingerprint density at radius 1 is 1.30 bits per heavy atom. The van der Waals surface area contributed by atoms with Gasteiger partial charge in [-0.15, -0.1) is 0 Å². The molecule has 1 amide bonds. The van der Waals surface area contributed by atoms with E-state index < -0.39 is 9.05 Å². The van der Waals surface area contributed by atoms with E-state index in [4.69, 9.17) is 10.7 Å². The first-order chi connectivity index (χ1) is 9.12. The fraction of sp³-hybridized carbons (Fsp3) is 0.615. The summed E-state index contributed by atoms with van der Waals surface area (Å²) in [5.41, 5.74) is 0.190. The van der Waals surface area contributed by atoms with Crippen molar-refractivity contribution in [3.8, 4) is 0 Å². The van der Waals surface area contributed by atoms with Crippen molar-refractivity contribution in [1.82, 2.24) is 10.3 Å². The van der Waals surface area contributed by atoms with E-state index in [-0.39, 0.29) is 16.5 Å². The summed E-state index contributed by atoms with van der Waals surface area (Å²) in [5, 5.41) is 2.82. The van der Waals surface area contributed by atoms with E-state index in [2.05, 4.69) is 38.0 Å². The molecule has 0 radical (unpaired) electrons. The SMILES string of the molecule is CC(C)C(CNC(=O)c1cc(S(=O)(=O)Cl)c[nH]1)C(C)C. The zero-order valence-corrected chi connectivity index (χ0v) is 13.7. The van der Waals surface area contributed by atoms with Crippen molar-refractivity contribution in [2.75, 3.05) is 6.54 Å². The molecule has 5 nitrogen and oxygen atoms in total. The molecule has 0 fully saturated rings. The normalized spacial score (nSPS) is 12.4. The Balaban J connectivity index is 2.70. The van der Waals surface area contributed by atoms with Crippen LogP contribution in [0.4, 0.5) is 0 Å². The molecule has 1 aromatic heterocycles. The molecule has 1 rings (SSSR count). The van der Waals surface area contributed by atoms with Crippen molar-refractivity contribution in [3.63, 3.8) is 0 Å². The van der Waals surface area contributed by atoms with Crippen LogP contribution < -0.4 is 5.32 Å². The second-order valence-electron chi connectivity index (χ2n) is 5.55. The molecule has 0 unspecified atom stereocenters. The van der Waals surface area contributed by atoms with Crippen molar-refractivity contribution in [2.45, 2.75) is 32.6 Å². The summed E-state index contributed by atoms with van der Waals surface area (Å²) < 4.78 is 22.3. The molecule has 0 aliphatic rings. The van der Waals surface area contributed by atoms with Crippen LogP contribution in [-0.2, 0) is 9.05 Å². The summed E-state index contributed by atoms with van der Waals surface area (Å²) in [6.07, 6.45) is 1.21. The zero-order valence-electron chi connectivity index (χ0n) is 12.1. The molecule has 0 spiro atoms. The average molecular weight is 321 g/mol. The van der Waals surface area contributed by atoms with E-state index in [0.717, 1.165) is 0 Å².